The molecule has 7 heteroatoms. The third kappa shape index (κ3) is 2.36. The summed E-state index contributed by atoms with van der Waals surface area (Å²) in [6.45, 7) is 0.727. The first-order valence-electron chi connectivity index (χ1n) is 7.66. The second-order valence-electron chi connectivity index (χ2n) is 6.02. The van der Waals surface area contributed by atoms with E-state index in [0.717, 1.165) is 17.9 Å². The van der Waals surface area contributed by atoms with Crippen LogP contribution in [0.5, 0.6) is 5.75 Å². The zero-order chi connectivity index (χ0) is 16.6. The maximum Gasteiger partial charge on any atom is 0.249 e. The number of likely N-dealkylation sites (tertiary alicyclic amines) is 1. The van der Waals surface area contributed by atoms with Crippen molar-refractivity contribution >= 4 is 17.5 Å². The number of rotatable bonds is 5. The van der Waals surface area contributed by atoms with Crippen molar-refractivity contribution in [3.63, 3.8) is 0 Å². The molecule has 2 unspecified atom stereocenters. The molecule has 0 bridgehead atoms. The second kappa shape index (κ2) is 5.82. The molecule has 2 aliphatic heterocycles. The van der Waals surface area contributed by atoms with E-state index >= 15 is 0 Å². The zero-order valence-electron chi connectivity index (χ0n) is 13.1. The molecule has 3 N–H and O–H groups in total. The van der Waals surface area contributed by atoms with Crippen LogP contribution in [-0.2, 0) is 9.59 Å². The number of amides is 2. The number of aliphatic hydroxyl groups excluding tert-OH is 1. The highest BCUT2D eigenvalue weighted by Gasteiger charge is 2.60. The molecule has 23 heavy (non-hydrogen) atoms. The maximum atomic E-state index is 12.8. The molecule has 0 aromatic heterocycles. The molecule has 7 nitrogen and oxygen atoms in total. The number of hydrogen-bond donors (Lipinski definition) is 2. The molecule has 2 fully saturated rings. The summed E-state index contributed by atoms with van der Waals surface area (Å²) >= 11 is 0. The van der Waals surface area contributed by atoms with Crippen molar-refractivity contribution in [2.24, 2.45) is 5.73 Å². The number of aliphatic hydroxyl groups is 1. The van der Waals surface area contributed by atoms with Crippen molar-refractivity contribution in [2.75, 3.05) is 31.7 Å². The summed E-state index contributed by atoms with van der Waals surface area (Å²) in [7, 11) is 1.59. The predicted octanol–water partition coefficient (Wildman–Crippen LogP) is -0.277. The van der Waals surface area contributed by atoms with E-state index in [1.165, 1.54) is 0 Å². The quantitative estimate of drug-likeness (QED) is 0.728. The molecule has 0 saturated carbocycles. The summed E-state index contributed by atoms with van der Waals surface area (Å²) < 4.78 is 5.12. The van der Waals surface area contributed by atoms with Gasteiger partial charge in [0.05, 0.1) is 20.3 Å². The molecule has 0 aliphatic carbocycles. The smallest absolute Gasteiger partial charge is 0.249 e. The van der Waals surface area contributed by atoms with Crippen molar-refractivity contribution in [1.29, 1.82) is 0 Å². The molecule has 1 aromatic rings. The van der Waals surface area contributed by atoms with E-state index in [4.69, 9.17) is 10.5 Å². The number of anilines is 1. The molecule has 124 valence electrons. The molecule has 3 rings (SSSR count). The Morgan fingerprint density at radius 1 is 1.43 bits per heavy atom. The van der Waals surface area contributed by atoms with Crippen molar-refractivity contribution in [3.05, 3.63) is 24.3 Å². The first kappa shape index (κ1) is 15.8. The van der Waals surface area contributed by atoms with Crippen molar-refractivity contribution in [3.8, 4) is 5.75 Å². The van der Waals surface area contributed by atoms with Crippen LogP contribution in [0.4, 0.5) is 5.69 Å². The number of ether oxygens (including phenoxy) is 1. The fourth-order valence-corrected chi connectivity index (χ4v) is 3.63. The molecule has 0 radical (unpaired) electrons. The monoisotopic (exact) mass is 319 g/mol. The van der Waals surface area contributed by atoms with Gasteiger partial charge in [-0.3, -0.25) is 14.5 Å². The number of methoxy groups -OCH3 is 1. The van der Waals surface area contributed by atoms with Gasteiger partial charge < -0.3 is 20.5 Å². The van der Waals surface area contributed by atoms with E-state index in [2.05, 4.69) is 0 Å². The fraction of sp³-hybridized carbons (Fsp3) is 0.500. The Morgan fingerprint density at radius 2 is 2.13 bits per heavy atom. The van der Waals surface area contributed by atoms with E-state index in [1.807, 2.05) is 12.1 Å². The van der Waals surface area contributed by atoms with E-state index in [1.54, 1.807) is 29.0 Å². The van der Waals surface area contributed by atoms with Crippen LogP contribution in [0.1, 0.15) is 12.8 Å². The van der Waals surface area contributed by atoms with Crippen molar-refractivity contribution in [1.82, 2.24) is 4.90 Å². The number of nitrogens with two attached hydrogens (primary N) is 1. The Morgan fingerprint density at radius 3 is 2.65 bits per heavy atom. The summed E-state index contributed by atoms with van der Waals surface area (Å²) in [4.78, 5) is 27.8. The highest BCUT2D eigenvalue weighted by Crippen LogP contribution is 2.42. The summed E-state index contributed by atoms with van der Waals surface area (Å²) in [6.07, 6.45) is 1.49. The molecule has 2 heterocycles. The van der Waals surface area contributed by atoms with Crippen LogP contribution in [0.3, 0.4) is 0 Å². The van der Waals surface area contributed by atoms with Crippen molar-refractivity contribution in [2.45, 2.75) is 24.4 Å². The van der Waals surface area contributed by atoms with Crippen LogP contribution in [-0.4, -0.2) is 60.2 Å². The van der Waals surface area contributed by atoms with E-state index in [9.17, 15) is 14.7 Å². The summed E-state index contributed by atoms with van der Waals surface area (Å²) in [5, 5.41) is 9.45. The lowest BCUT2D eigenvalue weighted by Crippen LogP contribution is -2.75. The van der Waals surface area contributed by atoms with E-state index in [-0.39, 0.29) is 12.5 Å². The number of nitrogens with zero attached hydrogens (tertiary/aromatic N) is 2. The van der Waals surface area contributed by atoms with E-state index < -0.39 is 17.5 Å². The first-order valence-corrected chi connectivity index (χ1v) is 7.66. The first-order chi connectivity index (χ1) is 11.0. The highest BCUT2D eigenvalue weighted by atomic mass is 16.5. The average molecular weight is 319 g/mol. The average Bonchev–Trinajstić information content (AvgIpc) is 2.99. The SMILES string of the molecule is COc1ccc(N2CC3(CCCN3C(CO)C(N)=O)C2=O)cc1. The van der Waals surface area contributed by atoms with Gasteiger partial charge in [0.15, 0.2) is 0 Å². The van der Waals surface area contributed by atoms with Gasteiger partial charge in [0.2, 0.25) is 11.8 Å². The van der Waals surface area contributed by atoms with Crippen LogP contribution < -0.4 is 15.4 Å². The van der Waals surface area contributed by atoms with Gasteiger partial charge in [-0.05, 0) is 37.1 Å². The number of primary amides is 1. The molecule has 2 saturated heterocycles. The molecule has 1 spiro atoms. The Labute approximate surface area is 134 Å². The fourth-order valence-electron chi connectivity index (χ4n) is 3.63. The van der Waals surface area contributed by atoms with Gasteiger partial charge in [-0.1, -0.05) is 0 Å². The lowest BCUT2D eigenvalue weighted by Gasteiger charge is -2.52. The lowest BCUT2D eigenvalue weighted by molar-refractivity contribution is -0.142. The van der Waals surface area contributed by atoms with Gasteiger partial charge >= 0.3 is 0 Å². The Hall–Kier alpha value is -2.12. The Bertz CT molecular complexity index is 618. The molecule has 2 amide bonds. The standard InChI is InChI=1S/C16H21N3O4/c1-23-12-5-3-11(4-6-12)18-10-16(15(18)22)7-2-8-19(16)13(9-20)14(17)21/h3-6,13,20H,2,7-10H2,1H3,(H2,17,21). The van der Waals surface area contributed by atoms with Gasteiger partial charge in [0, 0.05) is 12.2 Å². The van der Waals surface area contributed by atoms with Gasteiger partial charge in [-0.25, -0.2) is 0 Å². The third-order valence-electron chi connectivity index (χ3n) is 4.86. The largest absolute Gasteiger partial charge is 0.497 e. The van der Waals surface area contributed by atoms with Gasteiger partial charge in [-0.15, -0.1) is 0 Å². The third-order valence-corrected chi connectivity index (χ3v) is 4.86. The number of carbonyl (C=O) groups is 2. The summed E-state index contributed by atoms with van der Waals surface area (Å²) in [5.74, 6) is 0.0948. The van der Waals surface area contributed by atoms with Crippen LogP contribution in [0, 0.1) is 0 Å². The molecule has 1 aromatic carbocycles. The summed E-state index contributed by atoms with van der Waals surface area (Å²) in [5.41, 5.74) is 5.46. The molecular formula is C16H21N3O4. The molecule has 2 atom stereocenters. The van der Waals surface area contributed by atoms with Crippen LogP contribution in [0.15, 0.2) is 24.3 Å². The molecule has 2 aliphatic rings. The van der Waals surface area contributed by atoms with Crippen molar-refractivity contribution < 1.29 is 19.4 Å². The zero-order valence-corrected chi connectivity index (χ0v) is 13.1. The molecular weight excluding hydrogens is 298 g/mol. The van der Waals surface area contributed by atoms with Gasteiger partial charge in [0.25, 0.3) is 0 Å². The maximum absolute atomic E-state index is 12.8. The van der Waals surface area contributed by atoms with E-state index in [0.29, 0.717) is 19.5 Å². The number of β-lactam (4-membered cyclic amide) rings is 1. The Balaban J connectivity index is 1.80. The predicted molar refractivity (Wildman–Crippen MR) is 84.1 cm³/mol. The summed E-state index contributed by atoms with van der Waals surface area (Å²) in [6, 6.07) is 6.47. The minimum absolute atomic E-state index is 0.0418. The van der Waals surface area contributed by atoms with Crippen LogP contribution in [0.2, 0.25) is 0 Å². The highest BCUT2D eigenvalue weighted by molar-refractivity contribution is 6.08. The van der Waals surface area contributed by atoms with Gasteiger partial charge in [0.1, 0.15) is 17.3 Å². The Kier molecular flexibility index (Phi) is 3.99. The minimum Gasteiger partial charge on any atom is -0.497 e. The number of carbonyl (C=O) groups excluding carboxylic acids is 2. The minimum atomic E-state index is -0.806. The van der Waals surface area contributed by atoms with Gasteiger partial charge in [-0.2, -0.15) is 0 Å². The lowest BCUT2D eigenvalue weighted by atomic mass is 9.84. The van der Waals surface area contributed by atoms with Crippen LogP contribution >= 0.6 is 0 Å². The number of benzene rings is 1. The topological polar surface area (TPSA) is 96.1 Å². The second-order valence-corrected chi connectivity index (χ2v) is 6.02. The normalized spacial score (nSPS) is 25.5. The van der Waals surface area contributed by atoms with Crippen LogP contribution in [0.25, 0.3) is 0 Å². The number of hydrogen-bond acceptors (Lipinski definition) is 5.